The second-order valence-corrected chi connectivity index (χ2v) is 12.1. The summed E-state index contributed by atoms with van der Waals surface area (Å²) in [6.07, 6.45) is 3.00. The molecular weight excluding hydrogens is 462 g/mol. The summed E-state index contributed by atoms with van der Waals surface area (Å²) in [4.78, 5) is 15.2. The molecule has 8 nitrogen and oxygen atoms in total. The van der Waals surface area contributed by atoms with Crippen LogP contribution in [0.25, 0.3) is 0 Å². The van der Waals surface area contributed by atoms with E-state index in [1.54, 1.807) is 6.07 Å². The monoisotopic (exact) mass is 485 g/mol. The summed E-state index contributed by atoms with van der Waals surface area (Å²) in [5, 5.41) is 2.81. The SMILES string of the molecule is CN(C)S(=O)(=O)c1ccc(N2CCCC2)c(C(=O)Nc2cc(S(C)(=O)=O)ccc2Cl)c1. The molecule has 0 saturated carbocycles. The zero-order valence-corrected chi connectivity index (χ0v) is 19.8. The molecule has 0 bridgehead atoms. The molecule has 0 atom stereocenters. The Kier molecular flexibility index (Phi) is 6.66. The number of carbonyl (C=O) groups excluding carboxylic acids is 1. The van der Waals surface area contributed by atoms with Gasteiger partial charge in [-0.15, -0.1) is 0 Å². The Morgan fingerprint density at radius 1 is 1.00 bits per heavy atom. The molecule has 0 radical (unpaired) electrons. The largest absolute Gasteiger partial charge is 0.371 e. The van der Waals surface area contributed by atoms with E-state index in [0.29, 0.717) is 5.69 Å². The van der Waals surface area contributed by atoms with Gasteiger partial charge in [-0.25, -0.2) is 21.1 Å². The van der Waals surface area contributed by atoms with Crippen molar-refractivity contribution in [3.05, 3.63) is 47.0 Å². The average Bonchev–Trinajstić information content (AvgIpc) is 3.22. The first kappa shape index (κ1) is 23.5. The Bertz CT molecular complexity index is 1220. The van der Waals surface area contributed by atoms with Crippen molar-refractivity contribution in [1.29, 1.82) is 0 Å². The molecule has 0 unspecified atom stereocenters. The van der Waals surface area contributed by atoms with Gasteiger partial charge in [0.25, 0.3) is 5.91 Å². The first-order valence-corrected chi connectivity index (χ1v) is 13.2. The van der Waals surface area contributed by atoms with E-state index in [1.165, 1.54) is 44.4 Å². The van der Waals surface area contributed by atoms with Gasteiger partial charge < -0.3 is 10.2 Å². The van der Waals surface area contributed by atoms with Gasteiger partial charge in [0.2, 0.25) is 10.0 Å². The summed E-state index contributed by atoms with van der Waals surface area (Å²) < 4.78 is 50.0. The second kappa shape index (κ2) is 8.78. The number of sulfonamides is 1. The third-order valence-corrected chi connectivity index (χ3v) is 8.30. The van der Waals surface area contributed by atoms with Crippen molar-refractivity contribution >= 4 is 48.7 Å². The predicted molar refractivity (Wildman–Crippen MR) is 121 cm³/mol. The molecule has 168 valence electrons. The number of carbonyl (C=O) groups is 1. The fourth-order valence-electron chi connectivity index (χ4n) is 3.32. The lowest BCUT2D eigenvalue weighted by Crippen LogP contribution is -2.25. The lowest BCUT2D eigenvalue weighted by atomic mass is 10.1. The average molecular weight is 486 g/mol. The first-order valence-electron chi connectivity index (χ1n) is 9.54. The van der Waals surface area contributed by atoms with Crippen molar-refractivity contribution in [2.45, 2.75) is 22.6 Å². The Balaban J connectivity index is 2.06. The van der Waals surface area contributed by atoms with Crippen LogP contribution in [0.1, 0.15) is 23.2 Å². The fourth-order valence-corrected chi connectivity index (χ4v) is 5.06. The van der Waals surface area contributed by atoms with E-state index in [1.807, 2.05) is 4.90 Å². The maximum Gasteiger partial charge on any atom is 0.257 e. The molecule has 2 aromatic rings. The zero-order valence-electron chi connectivity index (χ0n) is 17.4. The molecule has 0 aromatic heterocycles. The normalized spacial score (nSPS) is 14.8. The van der Waals surface area contributed by atoms with Crippen LogP contribution in [-0.4, -0.2) is 60.5 Å². The van der Waals surface area contributed by atoms with Crippen LogP contribution in [0.4, 0.5) is 11.4 Å². The predicted octanol–water partition coefficient (Wildman–Crippen LogP) is 2.85. The van der Waals surface area contributed by atoms with Gasteiger partial charge in [-0.2, -0.15) is 0 Å². The smallest absolute Gasteiger partial charge is 0.257 e. The Morgan fingerprint density at radius 2 is 1.61 bits per heavy atom. The molecule has 0 aliphatic carbocycles. The third-order valence-electron chi connectivity index (χ3n) is 5.05. The number of nitrogens with one attached hydrogen (secondary N) is 1. The Labute approximate surface area is 187 Å². The van der Waals surface area contributed by atoms with Crippen LogP contribution in [0, 0.1) is 0 Å². The molecule has 1 heterocycles. The number of sulfone groups is 1. The lowest BCUT2D eigenvalue weighted by Gasteiger charge is -2.22. The minimum Gasteiger partial charge on any atom is -0.371 e. The highest BCUT2D eigenvalue weighted by atomic mass is 35.5. The van der Waals surface area contributed by atoms with Crippen molar-refractivity contribution in [1.82, 2.24) is 4.31 Å². The number of nitrogens with zero attached hydrogens (tertiary/aromatic N) is 2. The summed E-state index contributed by atoms with van der Waals surface area (Å²) in [6.45, 7) is 1.51. The molecule has 3 rings (SSSR count). The van der Waals surface area contributed by atoms with Gasteiger partial charge in [-0.1, -0.05) is 11.6 Å². The van der Waals surface area contributed by atoms with Crippen LogP contribution < -0.4 is 10.2 Å². The van der Waals surface area contributed by atoms with Gasteiger partial charge in [0, 0.05) is 39.1 Å². The number of anilines is 2. The molecule has 31 heavy (non-hydrogen) atoms. The number of halogens is 1. The number of hydrogen-bond acceptors (Lipinski definition) is 6. The van der Waals surface area contributed by atoms with E-state index in [2.05, 4.69) is 5.32 Å². The maximum atomic E-state index is 13.2. The quantitative estimate of drug-likeness (QED) is 0.674. The summed E-state index contributed by atoms with van der Waals surface area (Å²) in [5.74, 6) is -0.578. The summed E-state index contributed by atoms with van der Waals surface area (Å²) in [7, 11) is -4.42. The van der Waals surface area contributed by atoms with E-state index in [-0.39, 0.29) is 26.1 Å². The molecule has 0 spiro atoms. The first-order chi connectivity index (χ1) is 14.4. The molecule has 2 aromatic carbocycles. The van der Waals surface area contributed by atoms with E-state index < -0.39 is 25.8 Å². The van der Waals surface area contributed by atoms with Crippen LogP contribution >= 0.6 is 11.6 Å². The van der Waals surface area contributed by atoms with Crippen molar-refractivity contribution in [2.75, 3.05) is 43.7 Å². The van der Waals surface area contributed by atoms with Gasteiger partial charge >= 0.3 is 0 Å². The van der Waals surface area contributed by atoms with E-state index in [4.69, 9.17) is 11.6 Å². The van der Waals surface area contributed by atoms with Gasteiger partial charge in [0.05, 0.1) is 26.1 Å². The number of amides is 1. The maximum absolute atomic E-state index is 13.2. The van der Waals surface area contributed by atoms with Crippen LogP contribution in [0.3, 0.4) is 0 Å². The van der Waals surface area contributed by atoms with E-state index in [0.717, 1.165) is 36.5 Å². The highest BCUT2D eigenvalue weighted by molar-refractivity contribution is 7.90. The summed E-state index contributed by atoms with van der Waals surface area (Å²) in [6, 6.07) is 8.48. The number of hydrogen-bond donors (Lipinski definition) is 1. The lowest BCUT2D eigenvalue weighted by molar-refractivity contribution is 0.102. The van der Waals surface area contributed by atoms with E-state index >= 15 is 0 Å². The summed E-state index contributed by atoms with van der Waals surface area (Å²) in [5.41, 5.74) is 0.913. The van der Waals surface area contributed by atoms with Gasteiger partial charge in [0.1, 0.15) is 0 Å². The molecule has 1 aliphatic rings. The van der Waals surface area contributed by atoms with Crippen molar-refractivity contribution in [2.24, 2.45) is 0 Å². The Morgan fingerprint density at radius 3 is 2.19 bits per heavy atom. The second-order valence-electron chi connectivity index (χ2n) is 7.53. The van der Waals surface area contributed by atoms with Crippen LogP contribution in [0.5, 0.6) is 0 Å². The third kappa shape index (κ3) is 5.03. The molecule has 1 aliphatic heterocycles. The minimum atomic E-state index is -3.75. The van der Waals surface area contributed by atoms with Crippen LogP contribution in [-0.2, 0) is 19.9 Å². The van der Waals surface area contributed by atoms with Crippen LogP contribution in [0.2, 0.25) is 5.02 Å². The van der Waals surface area contributed by atoms with Crippen LogP contribution in [0.15, 0.2) is 46.2 Å². The molecular formula is C20H24ClN3O5S2. The topological polar surface area (TPSA) is 104 Å². The van der Waals surface area contributed by atoms with E-state index in [9.17, 15) is 21.6 Å². The molecule has 1 saturated heterocycles. The van der Waals surface area contributed by atoms with Gasteiger partial charge in [-0.05, 0) is 49.2 Å². The highest BCUT2D eigenvalue weighted by Crippen LogP contribution is 2.31. The minimum absolute atomic E-state index is 0.0101. The zero-order chi connectivity index (χ0) is 23.0. The Hall–Kier alpha value is -2.14. The van der Waals surface area contributed by atoms with Gasteiger partial charge in [-0.3, -0.25) is 4.79 Å². The highest BCUT2D eigenvalue weighted by Gasteiger charge is 2.25. The standard InChI is InChI=1S/C20H24ClN3O5S2/c1-23(2)31(28,29)15-7-9-19(24-10-4-5-11-24)16(12-15)20(25)22-18-13-14(30(3,26)27)6-8-17(18)21/h6-9,12-13H,4-5,10-11H2,1-3H3,(H,22,25). The molecule has 11 heteroatoms. The van der Waals surface area contributed by atoms with Crippen molar-refractivity contribution in [3.8, 4) is 0 Å². The van der Waals surface area contributed by atoms with Crippen molar-refractivity contribution < 1.29 is 21.6 Å². The fraction of sp³-hybridized carbons (Fsp3) is 0.350. The van der Waals surface area contributed by atoms with Gasteiger partial charge in [0.15, 0.2) is 9.84 Å². The van der Waals surface area contributed by atoms with Crippen molar-refractivity contribution in [3.63, 3.8) is 0 Å². The molecule has 1 fully saturated rings. The number of benzene rings is 2. The summed E-state index contributed by atoms with van der Waals surface area (Å²) >= 11 is 6.17. The molecule has 1 amide bonds. The number of rotatable bonds is 6. The molecule has 1 N–H and O–H groups in total.